The topological polar surface area (TPSA) is 75.3 Å². The van der Waals surface area contributed by atoms with E-state index in [0.29, 0.717) is 10.3 Å². The summed E-state index contributed by atoms with van der Waals surface area (Å²) in [5, 5.41) is 2.70. The van der Waals surface area contributed by atoms with Crippen LogP contribution in [-0.2, 0) is 14.8 Å². The maximum Gasteiger partial charge on any atom is 0.242 e. The van der Waals surface area contributed by atoms with E-state index in [1.165, 1.54) is 11.3 Å². The highest BCUT2D eigenvalue weighted by molar-refractivity contribution is 9.12. The third-order valence-corrected chi connectivity index (χ3v) is 6.80. The standard InChI is InChI=1S/C10H12Br2N2O3S2/c11-8-5-7(9(12)18-8)19(16,17)14-4-3-13-10(15)6-1-2-6/h5-6,14H,1-4H2,(H,13,15). The number of hydrogen-bond acceptors (Lipinski definition) is 4. The fraction of sp³-hybridized carbons (Fsp3) is 0.500. The number of carbonyl (C=O) groups is 1. The highest BCUT2D eigenvalue weighted by Gasteiger charge is 2.29. The second kappa shape index (κ2) is 6.21. The van der Waals surface area contributed by atoms with E-state index in [-0.39, 0.29) is 23.3 Å². The molecule has 0 unspecified atom stereocenters. The van der Waals surface area contributed by atoms with Gasteiger partial charge in [-0.15, -0.1) is 11.3 Å². The van der Waals surface area contributed by atoms with Crippen molar-refractivity contribution >= 4 is 59.1 Å². The van der Waals surface area contributed by atoms with Gasteiger partial charge in [0.1, 0.15) is 4.90 Å². The van der Waals surface area contributed by atoms with E-state index >= 15 is 0 Å². The number of hydrogen-bond donors (Lipinski definition) is 2. The van der Waals surface area contributed by atoms with Gasteiger partial charge in [0.15, 0.2) is 0 Å². The highest BCUT2D eigenvalue weighted by Crippen LogP contribution is 2.34. The maximum absolute atomic E-state index is 12.0. The smallest absolute Gasteiger partial charge is 0.242 e. The number of sulfonamides is 1. The molecular formula is C10H12Br2N2O3S2. The van der Waals surface area contributed by atoms with Crippen LogP contribution in [0.1, 0.15) is 12.8 Å². The van der Waals surface area contributed by atoms with E-state index < -0.39 is 10.0 Å². The SMILES string of the molecule is O=C(NCCNS(=O)(=O)c1cc(Br)sc1Br)C1CC1. The second-order valence-corrected chi connectivity index (χ2v) is 9.64. The van der Waals surface area contributed by atoms with Crippen molar-refractivity contribution in [2.75, 3.05) is 13.1 Å². The molecule has 1 saturated carbocycles. The van der Waals surface area contributed by atoms with Gasteiger partial charge in [0.25, 0.3) is 0 Å². The fourth-order valence-electron chi connectivity index (χ4n) is 1.45. The van der Waals surface area contributed by atoms with Crippen molar-refractivity contribution in [1.29, 1.82) is 0 Å². The maximum atomic E-state index is 12.0. The Labute approximate surface area is 132 Å². The molecule has 1 fully saturated rings. The minimum absolute atomic E-state index is 0.0126. The molecule has 106 valence electrons. The van der Waals surface area contributed by atoms with E-state index in [1.54, 1.807) is 6.07 Å². The molecule has 1 amide bonds. The summed E-state index contributed by atoms with van der Waals surface area (Å²) in [5.74, 6) is 0.150. The molecule has 5 nitrogen and oxygen atoms in total. The minimum atomic E-state index is -3.54. The number of carbonyl (C=O) groups excluding carboxylic acids is 1. The number of rotatable bonds is 6. The predicted octanol–water partition coefficient (Wildman–Crippen LogP) is 2.08. The van der Waals surface area contributed by atoms with Crippen molar-refractivity contribution in [2.45, 2.75) is 17.7 Å². The average molecular weight is 432 g/mol. The Hall–Kier alpha value is 0.0400. The number of halogens is 2. The monoisotopic (exact) mass is 430 g/mol. The largest absolute Gasteiger partial charge is 0.355 e. The van der Waals surface area contributed by atoms with Gasteiger partial charge in [-0.3, -0.25) is 4.79 Å². The first kappa shape index (κ1) is 15.4. The molecule has 2 rings (SSSR count). The molecule has 2 N–H and O–H groups in total. The van der Waals surface area contributed by atoms with Crippen LogP contribution in [0.3, 0.4) is 0 Å². The van der Waals surface area contributed by atoms with Crippen molar-refractivity contribution in [3.63, 3.8) is 0 Å². The fourth-order valence-corrected chi connectivity index (χ4v) is 6.29. The van der Waals surface area contributed by atoms with Gasteiger partial charge in [-0.05, 0) is 50.8 Å². The molecular weight excluding hydrogens is 420 g/mol. The van der Waals surface area contributed by atoms with Gasteiger partial charge >= 0.3 is 0 Å². The Morgan fingerprint density at radius 1 is 1.37 bits per heavy atom. The van der Waals surface area contributed by atoms with Crippen LogP contribution in [0.15, 0.2) is 18.5 Å². The molecule has 9 heteroatoms. The molecule has 0 bridgehead atoms. The van der Waals surface area contributed by atoms with Crippen LogP contribution in [0, 0.1) is 5.92 Å². The molecule has 0 saturated heterocycles. The second-order valence-electron chi connectivity index (χ2n) is 4.15. The average Bonchev–Trinajstić information content (AvgIpc) is 3.10. The van der Waals surface area contributed by atoms with E-state index in [0.717, 1.165) is 16.6 Å². The highest BCUT2D eigenvalue weighted by atomic mass is 79.9. The van der Waals surface area contributed by atoms with Crippen molar-refractivity contribution < 1.29 is 13.2 Å². The normalized spacial score (nSPS) is 15.5. The molecule has 1 aliphatic carbocycles. The lowest BCUT2D eigenvalue weighted by atomic mass is 10.4. The number of amides is 1. The zero-order chi connectivity index (χ0) is 14.0. The Morgan fingerprint density at radius 2 is 2.05 bits per heavy atom. The third kappa shape index (κ3) is 4.25. The zero-order valence-electron chi connectivity index (χ0n) is 9.78. The molecule has 0 aromatic carbocycles. The predicted molar refractivity (Wildman–Crippen MR) is 80.6 cm³/mol. The van der Waals surface area contributed by atoms with Crippen molar-refractivity contribution in [1.82, 2.24) is 10.0 Å². The first-order valence-electron chi connectivity index (χ1n) is 5.62. The summed E-state index contributed by atoms with van der Waals surface area (Å²) in [6.07, 6.45) is 1.88. The van der Waals surface area contributed by atoms with Gasteiger partial charge < -0.3 is 5.32 Å². The molecule has 0 aliphatic heterocycles. The quantitative estimate of drug-likeness (QED) is 0.677. The summed E-state index contributed by atoms with van der Waals surface area (Å²) in [7, 11) is -3.54. The zero-order valence-corrected chi connectivity index (χ0v) is 14.6. The summed E-state index contributed by atoms with van der Waals surface area (Å²) >= 11 is 7.75. The summed E-state index contributed by atoms with van der Waals surface area (Å²) < 4.78 is 27.7. The van der Waals surface area contributed by atoms with Crippen molar-refractivity contribution in [2.24, 2.45) is 5.92 Å². The van der Waals surface area contributed by atoms with Gasteiger partial charge in [-0.2, -0.15) is 0 Å². The summed E-state index contributed by atoms with van der Waals surface area (Å²) in [5.41, 5.74) is 0. The van der Waals surface area contributed by atoms with Crippen LogP contribution >= 0.6 is 43.2 Å². The first-order valence-corrected chi connectivity index (χ1v) is 9.51. The molecule has 0 atom stereocenters. The van der Waals surface area contributed by atoms with Gasteiger partial charge in [-0.1, -0.05) is 0 Å². The summed E-state index contributed by atoms with van der Waals surface area (Å²) in [6, 6.07) is 1.54. The molecule has 0 radical (unpaired) electrons. The lowest BCUT2D eigenvalue weighted by Crippen LogP contribution is -2.35. The molecule has 1 heterocycles. The van der Waals surface area contributed by atoms with E-state index in [9.17, 15) is 13.2 Å². The van der Waals surface area contributed by atoms with Crippen LogP contribution < -0.4 is 10.0 Å². The lowest BCUT2D eigenvalue weighted by Gasteiger charge is -2.07. The third-order valence-electron chi connectivity index (χ3n) is 2.58. The van der Waals surface area contributed by atoms with Crippen LogP contribution in [0.5, 0.6) is 0 Å². The van der Waals surface area contributed by atoms with Gasteiger partial charge in [-0.25, -0.2) is 13.1 Å². The molecule has 1 aliphatic rings. The Balaban J connectivity index is 1.84. The van der Waals surface area contributed by atoms with E-state index in [4.69, 9.17) is 0 Å². The Kier molecular flexibility index (Phi) is 5.04. The summed E-state index contributed by atoms with van der Waals surface area (Å²) in [6.45, 7) is 0.484. The molecule has 19 heavy (non-hydrogen) atoms. The number of nitrogens with one attached hydrogen (secondary N) is 2. The lowest BCUT2D eigenvalue weighted by molar-refractivity contribution is -0.122. The summed E-state index contributed by atoms with van der Waals surface area (Å²) in [4.78, 5) is 11.6. The Morgan fingerprint density at radius 3 is 2.58 bits per heavy atom. The molecule has 1 aromatic rings. The van der Waals surface area contributed by atoms with Gasteiger partial charge in [0, 0.05) is 19.0 Å². The van der Waals surface area contributed by atoms with Crippen molar-refractivity contribution in [3.05, 3.63) is 13.6 Å². The van der Waals surface area contributed by atoms with E-state index in [2.05, 4.69) is 41.9 Å². The first-order chi connectivity index (χ1) is 8.90. The van der Waals surface area contributed by atoms with Crippen LogP contribution in [0.25, 0.3) is 0 Å². The molecule has 1 aromatic heterocycles. The van der Waals surface area contributed by atoms with Crippen LogP contribution in [0.2, 0.25) is 0 Å². The number of thiophene rings is 1. The van der Waals surface area contributed by atoms with Gasteiger partial charge in [0.05, 0.1) is 7.57 Å². The molecule has 0 spiro atoms. The van der Waals surface area contributed by atoms with Crippen molar-refractivity contribution in [3.8, 4) is 0 Å². The Bertz CT molecular complexity index is 582. The van der Waals surface area contributed by atoms with Crippen LogP contribution in [0.4, 0.5) is 0 Å². The van der Waals surface area contributed by atoms with E-state index in [1.807, 2.05) is 0 Å². The minimum Gasteiger partial charge on any atom is -0.355 e. The van der Waals surface area contributed by atoms with Gasteiger partial charge in [0.2, 0.25) is 15.9 Å². The van der Waals surface area contributed by atoms with Crippen LogP contribution in [-0.4, -0.2) is 27.4 Å².